The van der Waals surface area contributed by atoms with Gasteiger partial charge < -0.3 is 10.8 Å². The van der Waals surface area contributed by atoms with Crippen molar-refractivity contribution in [2.45, 2.75) is 26.7 Å². The Morgan fingerprint density at radius 2 is 1.94 bits per heavy atom. The zero-order chi connectivity index (χ0) is 12.2. The minimum absolute atomic E-state index is 0.0857. The van der Waals surface area contributed by atoms with E-state index in [1.54, 1.807) is 12.1 Å². The molecule has 0 spiro atoms. The number of hydrogen-bond acceptors (Lipinski definition) is 3. The molecule has 1 aromatic carbocycles. The number of Topliss-reactive ketones (excluding diaryl/α,β-unsaturated/α-hetero) is 1. The van der Waals surface area contributed by atoms with Crippen molar-refractivity contribution in [3.63, 3.8) is 0 Å². The number of hydrogen-bond donors (Lipinski definition) is 2. The van der Waals surface area contributed by atoms with E-state index in [1.807, 2.05) is 26.0 Å². The van der Waals surface area contributed by atoms with Gasteiger partial charge >= 0.3 is 0 Å². The molecule has 3 heteroatoms. The van der Waals surface area contributed by atoms with Crippen LogP contribution in [0, 0.1) is 5.41 Å². The molecule has 3 N–H and O–H groups in total. The summed E-state index contributed by atoms with van der Waals surface area (Å²) in [5.41, 5.74) is 6.07. The number of ketones is 1. The second-order valence-electron chi connectivity index (χ2n) is 4.38. The molecule has 1 atom stereocenters. The van der Waals surface area contributed by atoms with Crippen LogP contribution in [0.2, 0.25) is 0 Å². The van der Waals surface area contributed by atoms with E-state index in [-0.39, 0.29) is 18.1 Å². The normalized spacial score (nSPS) is 14.4. The fourth-order valence-electron chi connectivity index (χ4n) is 1.73. The summed E-state index contributed by atoms with van der Waals surface area (Å²) in [5, 5.41) is 9.18. The Morgan fingerprint density at radius 1 is 1.38 bits per heavy atom. The van der Waals surface area contributed by atoms with Gasteiger partial charge in [-0.3, -0.25) is 4.79 Å². The van der Waals surface area contributed by atoms with E-state index in [9.17, 15) is 9.90 Å². The highest BCUT2D eigenvalue weighted by Crippen LogP contribution is 2.28. The molecule has 0 aliphatic carbocycles. The minimum Gasteiger partial charge on any atom is -0.508 e. The molecule has 0 aliphatic heterocycles. The van der Waals surface area contributed by atoms with E-state index in [4.69, 9.17) is 5.73 Å². The van der Waals surface area contributed by atoms with Crippen LogP contribution in [0.3, 0.4) is 0 Å². The first kappa shape index (κ1) is 12.7. The maximum atomic E-state index is 11.8. The van der Waals surface area contributed by atoms with Crippen molar-refractivity contribution in [1.29, 1.82) is 0 Å². The number of benzene rings is 1. The van der Waals surface area contributed by atoms with E-state index in [2.05, 4.69) is 0 Å². The monoisotopic (exact) mass is 221 g/mol. The van der Waals surface area contributed by atoms with E-state index in [0.717, 1.165) is 12.0 Å². The van der Waals surface area contributed by atoms with E-state index in [0.29, 0.717) is 6.42 Å². The molecule has 0 heterocycles. The van der Waals surface area contributed by atoms with Crippen LogP contribution in [0.1, 0.15) is 25.8 Å². The summed E-state index contributed by atoms with van der Waals surface area (Å²) in [7, 11) is 0. The number of phenolic OH excluding ortho intramolecular Hbond substituents is 1. The maximum absolute atomic E-state index is 11.8. The van der Waals surface area contributed by atoms with Crippen molar-refractivity contribution in [1.82, 2.24) is 0 Å². The summed E-state index contributed by atoms with van der Waals surface area (Å²) in [6.07, 6.45) is 1.43. The number of carbonyl (C=O) groups is 1. The van der Waals surface area contributed by atoms with Gasteiger partial charge in [-0.2, -0.15) is 0 Å². The Morgan fingerprint density at radius 3 is 2.38 bits per heavy atom. The molecule has 88 valence electrons. The third kappa shape index (κ3) is 2.83. The standard InChI is InChI=1S/C13H19NO2/c1-3-13(2,12(16)9-14)8-10-4-6-11(15)7-5-10/h4-7,15H,3,8-9,14H2,1-2H3/t13-/m0/s1. The van der Waals surface area contributed by atoms with E-state index in [1.165, 1.54) is 0 Å². The highest BCUT2D eigenvalue weighted by atomic mass is 16.3. The number of aromatic hydroxyl groups is 1. The van der Waals surface area contributed by atoms with Crippen LogP contribution < -0.4 is 5.73 Å². The molecule has 0 unspecified atom stereocenters. The predicted octanol–water partition coefficient (Wildman–Crippen LogP) is 1.88. The fraction of sp³-hybridized carbons (Fsp3) is 0.462. The van der Waals surface area contributed by atoms with Crippen LogP contribution in [0.5, 0.6) is 5.75 Å². The summed E-state index contributed by atoms with van der Waals surface area (Å²) >= 11 is 0. The quantitative estimate of drug-likeness (QED) is 0.798. The van der Waals surface area contributed by atoms with Crippen molar-refractivity contribution < 1.29 is 9.90 Å². The molecule has 0 radical (unpaired) electrons. The third-order valence-electron chi connectivity index (χ3n) is 3.17. The summed E-state index contributed by atoms with van der Waals surface area (Å²) in [6.45, 7) is 4.02. The summed E-state index contributed by atoms with van der Waals surface area (Å²) in [5.74, 6) is 0.329. The molecule has 0 aliphatic rings. The van der Waals surface area contributed by atoms with Gasteiger partial charge in [-0.25, -0.2) is 0 Å². The molecular weight excluding hydrogens is 202 g/mol. The molecule has 0 bridgehead atoms. The Balaban J connectivity index is 2.84. The van der Waals surface area contributed by atoms with Crippen LogP contribution >= 0.6 is 0 Å². The fourth-order valence-corrected chi connectivity index (χ4v) is 1.73. The van der Waals surface area contributed by atoms with Crippen LogP contribution in [-0.2, 0) is 11.2 Å². The minimum atomic E-state index is -0.397. The lowest BCUT2D eigenvalue weighted by Gasteiger charge is -2.26. The lowest BCUT2D eigenvalue weighted by Crippen LogP contribution is -2.34. The van der Waals surface area contributed by atoms with Crippen LogP contribution in [0.4, 0.5) is 0 Å². The van der Waals surface area contributed by atoms with Gasteiger partial charge in [0, 0.05) is 5.41 Å². The second kappa shape index (κ2) is 5.12. The van der Waals surface area contributed by atoms with Crippen LogP contribution in [0.15, 0.2) is 24.3 Å². The van der Waals surface area contributed by atoms with Gasteiger partial charge in [-0.1, -0.05) is 26.0 Å². The second-order valence-corrected chi connectivity index (χ2v) is 4.38. The average Bonchev–Trinajstić information content (AvgIpc) is 2.31. The highest BCUT2D eigenvalue weighted by Gasteiger charge is 2.29. The Kier molecular flexibility index (Phi) is 4.07. The smallest absolute Gasteiger partial charge is 0.152 e. The largest absolute Gasteiger partial charge is 0.508 e. The highest BCUT2D eigenvalue weighted by molar-refractivity contribution is 5.86. The number of nitrogens with two attached hydrogens (primary N) is 1. The Hall–Kier alpha value is -1.35. The van der Waals surface area contributed by atoms with E-state index >= 15 is 0 Å². The first-order chi connectivity index (χ1) is 7.51. The van der Waals surface area contributed by atoms with Crippen molar-refractivity contribution in [2.24, 2.45) is 11.1 Å². The zero-order valence-electron chi connectivity index (χ0n) is 9.86. The van der Waals surface area contributed by atoms with Gasteiger partial charge in [0.2, 0.25) is 0 Å². The van der Waals surface area contributed by atoms with E-state index < -0.39 is 5.41 Å². The van der Waals surface area contributed by atoms with Crippen LogP contribution in [0.25, 0.3) is 0 Å². The Bertz CT molecular complexity index is 359. The lowest BCUT2D eigenvalue weighted by atomic mass is 9.77. The number of phenols is 1. The molecule has 16 heavy (non-hydrogen) atoms. The Labute approximate surface area is 96.3 Å². The molecule has 0 saturated carbocycles. The average molecular weight is 221 g/mol. The van der Waals surface area contributed by atoms with Gasteiger partial charge in [0.25, 0.3) is 0 Å². The van der Waals surface area contributed by atoms with Gasteiger partial charge in [-0.05, 0) is 30.5 Å². The first-order valence-corrected chi connectivity index (χ1v) is 5.53. The molecule has 3 nitrogen and oxygen atoms in total. The van der Waals surface area contributed by atoms with Gasteiger partial charge in [0.05, 0.1) is 6.54 Å². The van der Waals surface area contributed by atoms with Crippen molar-refractivity contribution >= 4 is 5.78 Å². The summed E-state index contributed by atoms with van der Waals surface area (Å²) in [6, 6.07) is 6.96. The SMILES string of the molecule is CC[C@@](C)(Cc1ccc(O)cc1)C(=O)CN. The van der Waals surface area contributed by atoms with Gasteiger partial charge in [0.1, 0.15) is 5.75 Å². The summed E-state index contributed by atoms with van der Waals surface area (Å²) < 4.78 is 0. The third-order valence-corrected chi connectivity index (χ3v) is 3.17. The van der Waals surface area contributed by atoms with Gasteiger partial charge in [0.15, 0.2) is 5.78 Å². The van der Waals surface area contributed by atoms with Crippen molar-refractivity contribution in [2.75, 3.05) is 6.54 Å². The molecule has 0 aromatic heterocycles. The number of rotatable bonds is 5. The molecule has 1 rings (SSSR count). The summed E-state index contributed by atoms with van der Waals surface area (Å²) in [4.78, 5) is 11.8. The van der Waals surface area contributed by atoms with Crippen molar-refractivity contribution in [3.05, 3.63) is 29.8 Å². The number of carbonyl (C=O) groups excluding carboxylic acids is 1. The molecule has 0 fully saturated rings. The molecular formula is C13H19NO2. The predicted molar refractivity (Wildman–Crippen MR) is 64.3 cm³/mol. The maximum Gasteiger partial charge on any atom is 0.152 e. The molecule has 1 aromatic rings. The molecule has 0 saturated heterocycles. The zero-order valence-corrected chi connectivity index (χ0v) is 9.86. The molecule has 0 amide bonds. The topological polar surface area (TPSA) is 63.3 Å². The van der Waals surface area contributed by atoms with Crippen molar-refractivity contribution in [3.8, 4) is 5.75 Å². The van der Waals surface area contributed by atoms with Gasteiger partial charge in [-0.15, -0.1) is 0 Å². The van der Waals surface area contributed by atoms with Crippen LogP contribution in [-0.4, -0.2) is 17.4 Å². The lowest BCUT2D eigenvalue weighted by molar-refractivity contribution is -0.126. The first-order valence-electron chi connectivity index (χ1n) is 5.53.